The topological polar surface area (TPSA) is 32.8 Å². The molecule has 0 saturated carbocycles. The molecule has 5 heteroatoms. The summed E-state index contributed by atoms with van der Waals surface area (Å²) >= 11 is 1.83. The first-order chi connectivity index (χ1) is 40.6. The number of rotatable bonds is 9. The van der Waals surface area contributed by atoms with Gasteiger partial charge in [-0.15, -0.1) is 11.3 Å². The molecule has 1 aliphatic rings. The number of para-hydroxylation sites is 3. The van der Waals surface area contributed by atoms with E-state index in [4.69, 9.17) is 8.83 Å². The SMILES string of the molecule is c1ccc(N(c2ccc3oc4ccccc4c3c2)c2cc(N(c3ccccc3)c3ccc4sc5ccccc5c4c3)c3oc4ccc(-c5ccc6c(c5)-c5cc7ccccc7cc5C6(c5ccccc5)c5ccccc5)cc4c3c2)cc1. The fourth-order valence-corrected chi connectivity index (χ4v) is 14.5. The first-order valence-corrected chi connectivity index (χ1v) is 28.8. The number of hydrogen-bond acceptors (Lipinski definition) is 5. The van der Waals surface area contributed by atoms with Crippen molar-refractivity contribution in [1.29, 1.82) is 0 Å². The lowest BCUT2D eigenvalue weighted by Crippen LogP contribution is -2.28. The molecule has 0 spiro atoms. The van der Waals surface area contributed by atoms with Crippen LogP contribution in [0.3, 0.4) is 0 Å². The summed E-state index contributed by atoms with van der Waals surface area (Å²) in [6, 6.07) is 106. The van der Waals surface area contributed by atoms with Crippen LogP contribution in [0.1, 0.15) is 22.3 Å². The number of anilines is 6. The van der Waals surface area contributed by atoms with Crippen LogP contribution in [0.2, 0.25) is 0 Å². The summed E-state index contributed by atoms with van der Waals surface area (Å²) in [5, 5.41) is 9.11. The molecule has 0 saturated heterocycles. The lowest BCUT2D eigenvalue weighted by Gasteiger charge is -2.34. The summed E-state index contributed by atoms with van der Waals surface area (Å²) in [6.45, 7) is 0. The predicted molar refractivity (Wildman–Crippen MR) is 343 cm³/mol. The molecule has 0 N–H and O–H groups in total. The molecular formula is C77H48N2O2S. The van der Waals surface area contributed by atoms with Gasteiger partial charge in [-0.1, -0.05) is 176 Å². The first kappa shape index (κ1) is 46.5. The lowest BCUT2D eigenvalue weighted by atomic mass is 9.67. The second-order valence-corrected chi connectivity index (χ2v) is 22.6. The maximum Gasteiger partial charge on any atom is 0.159 e. The largest absolute Gasteiger partial charge is 0.456 e. The van der Waals surface area contributed by atoms with E-state index < -0.39 is 5.41 Å². The molecule has 3 aromatic heterocycles. The fourth-order valence-electron chi connectivity index (χ4n) is 13.4. The lowest BCUT2D eigenvalue weighted by molar-refractivity contribution is 0.669. The summed E-state index contributed by atoms with van der Waals surface area (Å²) in [7, 11) is 0. The molecule has 1 aliphatic carbocycles. The first-order valence-electron chi connectivity index (χ1n) is 28.0. The van der Waals surface area contributed by atoms with Crippen molar-refractivity contribution in [1.82, 2.24) is 0 Å². The Hall–Kier alpha value is -10.5. The van der Waals surface area contributed by atoms with Crippen molar-refractivity contribution in [3.8, 4) is 22.3 Å². The average Bonchev–Trinajstić information content (AvgIpc) is 2.35. The van der Waals surface area contributed by atoms with Crippen molar-refractivity contribution in [2.45, 2.75) is 5.41 Å². The van der Waals surface area contributed by atoms with Gasteiger partial charge in [0.25, 0.3) is 0 Å². The van der Waals surface area contributed by atoms with Gasteiger partial charge in [-0.3, -0.25) is 0 Å². The van der Waals surface area contributed by atoms with Gasteiger partial charge in [-0.25, -0.2) is 0 Å². The van der Waals surface area contributed by atoms with E-state index in [1.54, 1.807) is 0 Å². The van der Waals surface area contributed by atoms with E-state index in [2.05, 4.69) is 289 Å². The van der Waals surface area contributed by atoms with Gasteiger partial charge in [0.15, 0.2) is 5.58 Å². The zero-order valence-electron chi connectivity index (χ0n) is 44.3. The Balaban J connectivity index is 0.916. The predicted octanol–water partition coefficient (Wildman–Crippen LogP) is 22.0. The molecule has 17 rings (SSSR count). The highest BCUT2D eigenvalue weighted by Crippen LogP contribution is 2.58. The molecule has 0 amide bonds. The standard InChI is InChI=1S/C77H48N2O2S/c1-5-21-53(22-6-1)77(54-23-7-2-8-24-54)68-37-33-51(42-62(68)63-41-49-19-13-14-20-50(49)44-69(63)77)52-34-38-73-64(43-52)67-47-59(78(55-25-9-3-10-26-55)57-35-39-72-65(45-57)60-29-15-17-31-71(60)80-72)48-70(76(67)81-73)79(56-27-11-4-12-28-56)58-36-40-75-66(46-58)61-30-16-18-32-74(61)82-75/h1-48H. The Morgan fingerprint density at radius 2 is 0.817 bits per heavy atom. The van der Waals surface area contributed by atoms with Crippen LogP contribution >= 0.6 is 11.3 Å². The molecule has 4 nitrogen and oxygen atoms in total. The summed E-state index contributed by atoms with van der Waals surface area (Å²) in [4.78, 5) is 4.75. The summed E-state index contributed by atoms with van der Waals surface area (Å²) in [6.07, 6.45) is 0. The summed E-state index contributed by atoms with van der Waals surface area (Å²) in [5.74, 6) is 0. The third-order valence-corrected chi connectivity index (χ3v) is 18.2. The molecule has 0 atom stereocenters. The van der Waals surface area contributed by atoms with E-state index >= 15 is 0 Å². The van der Waals surface area contributed by atoms with Gasteiger partial charge in [-0.2, -0.15) is 0 Å². The summed E-state index contributed by atoms with van der Waals surface area (Å²) in [5.41, 5.74) is 18.6. The number of hydrogen-bond donors (Lipinski definition) is 0. The van der Waals surface area contributed by atoms with Crippen LogP contribution in [0.5, 0.6) is 0 Å². The fraction of sp³-hybridized carbons (Fsp3) is 0.0130. The van der Waals surface area contributed by atoms with Crippen molar-refractivity contribution in [2.24, 2.45) is 0 Å². The number of benzene rings is 13. The van der Waals surface area contributed by atoms with E-state index in [-0.39, 0.29) is 0 Å². The zero-order chi connectivity index (χ0) is 53.9. The molecule has 16 aromatic rings. The quantitative estimate of drug-likeness (QED) is 0.144. The van der Waals surface area contributed by atoms with E-state index in [9.17, 15) is 0 Å². The Kier molecular flexibility index (Phi) is 10.4. The molecule has 0 aliphatic heterocycles. The molecular weight excluding hydrogens is 1020 g/mol. The van der Waals surface area contributed by atoms with Gasteiger partial charge in [0.05, 0.1) is 11.1 Å². The minimum Gasteiger partial charge on any atom is -0.456 e. The van der Waals surface area contributed by atoms with Gasteiger partial charge in [0.2, 0.25) is 0 Å². The zero-order valence-corrected chi connectivity index (χ0v) is 45.1. The molecule has 384 valence electrons. The van der Waals surface area contributed by atoms with Gasteiger partial charge < -0.3 is 18.6 Å². The number of fused-ring (bicyclic) bond motifs is 13. The Bertz CT molecular complexity index is 5140. The van der Waals surface area contributed by atoms with Gasteiger partial charge in [0, 0.05) is 70.2 Å². The van der Waals surface area contributed by atoms with Crippen molar-refractivity contribution in [2.75, 3.05) is 9.80 Å². The molecule has 0 bridgehead atoms. The van der Waals surface area contributed by atoms with Gasteiger partial charge >= 0.3 is 0 Å². The summed E-state index contributed by atoms with van der Waals surface area (Å²) < 4.78 is 16.2. The van der Waals surface area contributed by atoms with Crippen LogP contribution in [0.15, 0.2) is 300 Å². The van der Waals surface area contributed by atoms with E-state index in [0.29, 0.717) is 0 Å². The second-order valence-electron chi connectivity index (χ2n) is 21.5. The Labute approximate surface area is 477 Å². The van der Waals surface area contributed by atoms with E-state index in [0.717, 1.165) is 89.1 Å². The monoisotopic (exact) mass is 1060 g/mol. The maximum atomic E-state index is 7.30. The Morgan fingerprint density at radius 1 is 0.293 bits per heavy atom. The van der Waals surface area contributed by atoms with E-state index in [1.165, 1.54) is 64.3 Å². The molecule has 0 unspecified atom stereocenters. The number of thiophene rings is 1. The number of furan rings is 2. The van der Waals surface area contributed by atoms with Crippen molar-refractivity contribution < 1.29 is 8.83 Å². The van der Waals surface area contributed by atoms with Crippen LogP contribution in [0.4, 0.5) is 34.1 Å². The van der Waals surface area contributed by atoms with Crippen LogP contribution in [0, 0.1) is 0 Å². The highest BCUT2D eigenvalue weighted by atomic mass is 32.1. The molecule has 0 fully saturated rings. The van der Waals surface area contributed by atoms with Crippen LogP contribution < -0.4 is 9.80 Å². The molecule has 3 heterocycles. The van der Waals surface area contributed by atoms with Crippen LogP contribution in [0.25, 0.3) is 97.1 Å². The molecule has 13 aromatic carbocycles. The Morgan fingerprint density at radius 3 is 1.59 bits per heavy atom. The molecule has 0 radical (unpaired) electrons. The van der Waals surface area contributed by atoms with Crippen LogP contribution in [-0.2, 0) is 5.41 Å². The van der Waals surface area contributed by atoms with Crippen molar-refractivity contribution in [3.63, 3.8) is 0 Å². The maximum absolute atomic E-state index is 7.30. The van der Waals surface area contributed by atoms with Crippen LogP contribution in [-0.4, -0.2) is 0 Å². The van der Waals surface area contributed by atoms with Gasteiger partial charge in [-0.05, 0) is 171 Å². The second kappa shape index (κ2) is 18.3. The van der Waals surface area contributed by atoms with Crippen molar-refractivity contribution >= 4 is 120 Å². The third-order valence-electron chi connectivity index (χ3n) is 17.1. The third kappa shape index (κ3) is 7.10. The molecule has 82 heavy (non-hydrogen) atoms. The minimum absolute atomic E-state index is 0.529. The van der Waals surface area contributed by atoms with Crippen molar-refractivity contribution in [3.05, 3.63) is 313 Å². The normalized spacial score (nSPS) is 12.7. The highest BCUT2D eigenvalue weighted by Gasteiger charge is 2.46. The average molecular weight is 1070 g/mol. The number of nitrogens with zero attached hydrogens (tertiary/aromatic N) is 2. The minimum atomic E-state index is -0.529. The smallest absolute Gasteiger partial charge is 0.159 e. The van der Waals surface area contributed by atoms with E-state index in [1.807, 2.05) is 23.5 Å². The van der Waals surface area contributed by atoms with Gasteiger partial charge in [0.1, 0.15) is 16.7 Å². The highest BCUT2D eigenvalue weighted by molar-refractivity contribution is 7.25.